The van der Waals surface area contributed by atoms with Crippen LogP contribution in [0, 0.1) is 0 Å². The van der Waals surface area contributed by atoms with Gasteiger partial charge in [0.2, 0.25) is 4.84 Å². The molecule has 0 spiro atoms. The van der Waals surface area contributed by atoms with Crippen molar-refractivity contribution in [1.29, 1.82) is 0 Å². The highest BCUT2D eigenvalue weighted by Crippen LogP contribution is 2.25. The van der Waals surface area contributed by atoms with Gasteiger partial charge in [0.05, 0.1) is 5.56 Å². The largest absolute Gasteiger partial charge is 0.490 e. The Hall–Kier alpha value is -1.66. The fourth-order valence-electron chi connectivity index (χ4n) is 0.581. The van der Waals surface area contributed by atoms with Crippen LogP contribution in [0.2, 0.25) is 0 Å². The molecule has 0 aliphatic heterocycles. The molecule has 0 aliphatic carbocycles. The molecule has 0 fully saturated rings. The predicted octanol–water partition coefficient (Wildman–Crippen LogP) is 4.33. The Kier molecular flexibility index (Phi) is 16.8. The van der Waals surface area contributed by atoms with Crippen molar-refractivity contribution < 1.29 is 52.8 Å². The van der Waals surface area contributed by atoms with E-state index in [0.717, 1.165) is 0 Å². The smallest absolute Gasteiger partial charge is 0.479 e. The van der Waals surface area contributed by atoms with E-state index >= 15 is 0 Å². The van der Waals surface area contributed by atoms with Crippen molar-refractivity contribution >= 4 is 81.9 Å². The fourth-order valence-corrected chi connectivity index (χ4v) is 0.581. The van der Waals surface area contributed by atoms with Gasteiger partial charge in [0, 0.05) is 0 Å². The topological polar surface area (TPSA) is 149 Å². The number of hydrogen-bond acceptors (Lipinski definition) is 4. The summed E-state index contributed by atoms with van der Waals surface area (Å²) < 4.78 is 29.6. The van der Waals surface area contributed by atoms with E-state index in [1.807, 2.05) is 0 Å². The quantitative estimate of drug-likeness (QED) is 0.415. The van der Waals surface area contributed by atoms with E-state index in [1.54, 1.807) is 30.3 Å². The standard InChI is InChI=1S/C7H6O2.C2HCl3O2.C2H2Cl2O2.C2HF3O2/c8-7(9)6-4-2-1-3-5-6;3-2(4,5)1(6)7;3-1(4)2(5)6;3-2(4,5)1(6)7/h1-5H,(H,8,9);(H,6,7);1H,(H,5,6);(H,6,7). The summed E-state index contributed by atoms with van der Waals surface area (Å²) in [6, 6.07) is 8.30. The van der Waals surface area contributed by atoms with Gasteiger partial charge in [-0.2, -0.15) is 13.2 Å². The first-order valence-corrected chi connectivity index (χ1v) is 8.24. The summed E-state index contributed by atoms with van der Waals surface area (Å²) in [4.78, 5) is 36.9. The SMILES string of the molecule is O=C(O)C(Cl)(Cl)Cl.O=C(O)C(Cl)Cl.O=C(O)C(F)(F)F.O=C(O)c1ccccc1. The molecular formula is C13H10Cl5F3O8. The van der Waals surface area contributed by atoms with E-state index in [-0.39, 0.29) is 0 Å². The average molecular weight is 528 g/mol. The van der Waals surface area contributed by atoms with Crippen LogP contribution in [-0.4, -0.2) is 59.1 Å². The fraction of sp³-hybridized carbons (Fsp3) is 0.231. The summed E-state index contributed by atoms with van der Waals surface area (Å²) in [6.07, 6.45) is -5.08. The number of carboxylic acid groups (broad SMARTS) is 4. The second kappa shape index (κ2) is 15.2. The molecule has 0 radical (unpaired) electrons. The van der Waals surface area contributed by atoms with E-state index in [4.69, 9.17) is 83.2 Å². The van der Waals surface area contributed by atoms with Gasteiger partial charge in [0.15, 0.2) is 0 Å². The Bertz CT molecular complexity index is 639. The van der Waals surface area contributed by atoms with Crippen molar-refractivity contribution in [1.82, 2.24) is 0 Å². The molecule has 0 amide bonds. The minimum Gasteiger partial charge on any atom is -0.479 e. The van der Waals surface area contributed by atoms with Crippen molar-refractivity contribution in [3.8, 4) is 0 Å². The monoisotopic (exact) mass is 526 g/mol. The number of carboxylic acids is 4. The third-order valence-electron chi connectivity index (χ3n) is 1.69. The van der Waals surface area contributed by atoms with Crippen LogP contribution in [0.15, 0.2) is 30.3 Å². The number of aliphatic carboxylic acids is 3. The maximum Gasteiger partial charge on any atom is 0.490 e. The maximum atomic E-state index is 10.6. The van der Waals surface area contributed by atoms with Gasteiger partial charge >= 0.3 is 30.1 Å². The Labute approximate surface area is 185 Å². The van der Waals surface area contributed by atoms with Crippen molar-refractivity contribution in [2.75, 3.05) is 0 Å². The number of rotatable bonds is 2. The number of benzene rings is 1. The van der Waals surface area contributed by atoms with Crippen LogP contribution < -0.4 is 0 Å². The number of hydrogen-bond donors (Lipinski definition) is 4. The molecule has 1 rings (SSSR count). The van der Waals surface area contributed by atoms with Crippen LogP contribution >= 0.6 is 58.0 Å². The van der Waals surface area contributed by atoms with Crippen LogP contribution in [0.4, 0.5) is 13.2 Å². The lowest BCUT2D eigenvalue weighted by Crippen LogP contribution is -2.21. The van der Waals surface area contributed by atoms with Gasteiger partial charge in [0.25, 0.3) is 3.79 Å². The first kappa shape index (κ1) is 32.0. The van der Waals surface area contributed by atoms with Crippen LogP contribution in [0.25, 0.3) is 0 Å². The molecule has 1 aromatic carbocycles. The van der Waals surface area contributed by atoms with Gasteiger partial charge in [-0.1, -0.05) is 76.2 Å². The molecule has 16 heteroatoms. The summed E-state index contributed by atoms with van der Waals surface area (Å²) in [6.45, 7) is 0. The highest BCUT2D eigenvalue weighted by atomic mass is 35.6. The van der Waals surface area contributed by atoms with Crippen molar-refractivity contribution in [3.63, 3.8) is 0 Å². The van der Waals surface area contributed by atoms with Crippen LogP contribution in [0.1, 0.15) is 10.4 Å². The lowest BCUT2D eigenvalue weighted by molar-refractivity contribution is -0.192. The maximum absolute atomic E-state index is 10.6. The number of carbonyl (C=O) groups is 4. The molecule has 0 heterocycles. The molecule has 0 unspecified atom stereocenters. The molecule has 0 aromatic heterocycles. The Morgan fingerprint density at radius 1 is 0.793 bits per heavy atom. The van der Waals surface area contributed by atoms with Crippen LogP contribution in [-0.2, 0) is 14.4 Å². The first-order chi connectivity index (χ1) is 12.8. The molecule has 0 saturated heterocycles. The van der Waals surface area contributed by atoms with E-state index in [9.17, 15) is 27.6 Å². The highest BCUT2D eigenvalue weighted by molar-refractivity contribution is 6.75. The Morgan fingerprint density at radius 2 is 1.07 bits per heavy atom. The third kappa shape index (κ3) is 22.5. The van der Waals surface area contributed by atoms with Crippen LogP contribution in [0.3, 0.4) is 0 Å². The molecular weight excluding hydrogens is 518 g/mol. The molecule has 0 bridgehead atoms. The molecule has 4 N–H and O–H groups in total. The minimum atomic E-state index is -5.08. The second-order valence-corrected chi connectivity index (χ2v) is 7.29. The summed E-state index contributed by atoms with van der Waals surface area (Å²) in [5.74, 6) is -6.31. The normalized spacial score (nSPS) is 10.1. The number of alkyl halides is 8. The van der Waals surface area contributed by atoms with E-state index in [2.05, 4.69) is 0 Å². The Morgan fingerprint density at radius 3 is 1.17 bits per heavy atom. The third-order valence-corrected chi connectivity index (χ3v) is 2.55. The van der Waals surface area contributed by atoms with E-state index in [1.165, 1.54) is 0 Å². The summed E-state index contributed by atoms with van der Waals surface area (Å²) >= 11 is 24.0. The summed E-state index contributed by atoms with van der Waals surface area (Å²) in [5, 5.41) is 31.1. The van der Waals surface area contributed by atoms with Gasteiger partial charge in [-0.15, -0.1) is 0 Å². The summed E-state index contributed by atoms with van der Waals surface area (Å²) in [5.41, 5.74) is 0.331. The summed E-state index contributed by atoms with van der Waals surface area (Å²) in [7, 11) is 0. The van der Waals surface area contributed by atoms with Gasteiger partial charge in [-0.05, 0) is 12.1 Å². The van der Waals surface area contributed by atoms with Crippen molar-refractivity contribution in [3.05, 3.63) is 35.9 Å². The lowest BCUT2D eigenvalue weighted by Gasteiger charge is -1.99. The second-order valence-electron chi connectivity index (χ2n) is 3.92. The molecule has 0 saturated carbocycles. The first-order valence-electron chi connectivity index (χ1n) is 6.23. The highest BCUT2D eigenvalue weighted by Gasteiger charge is 2.38. The zero-order valence-electron chi connectivity index (χ0n) is 13.4. The average Bonchev–Trinajstić information content (AvgIpc) is 2.55. The number of halogens is 8. The zero-order valence-corrected chi connectivity index (χ0v) is 17.2. The van der Waals surface area contributed by atoms with E-state index < -0.39 is 38.7 Å². The molecule has 29 heavy (non-hydrogen) atoms. The van der Waals surface area contributed by atoms with E-state index in [0.29, 0.717) is 5.56 Å². The molecule has 166 valence electrons. The Balaban J connectivity index is -0.000000315. The van der Waals surface area contributed by atoms with Gasteiger partial charge in [-0.25, -0.2) is 19.2 Å². The van der Waals surface area contributed by atoms with Crippen LogP contribution in [0.5, 0.6) is 0 Å². The molecule has 1 aromatic rings. The number of aromatic carboxylic acids is 1. The lowest BCUT2D eigenvalue weighted by atomic mass is 10.2. The van der Waals surface area contributed by atoms with Gasteiger partial charge < -0.3 is 20.4 Å². The van der Waals surface area contributed by atoms with Crippen molar-refractivity contribution in [2.45, 2.75) is 14.8 Å². The predicted molar refractivity (Wildman–Crippen MR) is 98.1 cm³/mol. The zero-order chi connectivity index (χ0) is 24.0. The molecule has 0 atom stereocenters. The molecule has 8 nitrogen and oxygen atoms in total. The van der Waals surface area contributed by atoms with Crippen molar-refractivity contribution in [2.24, 2.45) is 0 Å². The molecule has 0 aliphatic rings. The van der Waals surface area contributed by atoms with Gasteiger partial charge in [-0.3, -0.25) is 0 Å². The minimum absolute atomic E-state index is 0.331. The van der Waals surface area contributed by atoms with Gasteiger partial charge in [0.1, 0.15) is 0 Å².